The minimum atomic E-state index is -0.0981. The smallest absolute Gasteiger partial charge is 0.311 e. The van der Waals surface area contributed by atoms with Gasteiger partial charge in [-0.05, 0) is 49.8 Å². The minimum absolute atomic E-state index is 0.0859. The van der Waals surface area contributed by atoms with E-state index in [4.69, 9.17) is 4.74 Å². The monoisotopic (exact) mass is 502 g/mol. The Labute approximate surface area is 223 Å². The molecule has 1 aromatic rings. The third-order valence-electron chi connectivity index (χ3n) is 7.36. The first-order valence-corrected chi connectivity index (χ1v) is 15.6. The van der Waals surface area contributed by atoms with Gasteiger partial charge in [0.2, 0.25) is 0 Å². The summed E-state index contributed by atoms with van der Waals surface area (Å²) in [7, 11) is 0. The van der Waals surface area contributed by atoms with Gasteiger partial charge in [-0.2, -0.15) is 0 Å². The number of aryl methyl sites for hydroxylation is 1. The van der Waals surface area contributed by atoms with Gasteiger partial charge in [-0.15, -0.1) is 0 Å². The van der Waals surface area contributed by atoms with Gasteiger partial charge in [-0.3, -0.25) is 4.79 Å². The highest BCUT2D eigenvalue weighted by Crippen LogP contribution is 2.17. The lowest BCUT2D eigenvalue weighted by Crippen LogP contribution is -2.07. The average Bonchev–Trinajstić information content (AvgIpc) is 2.89. The van der Waals surface area contributed by atoms with Crippen LogP contribution in [0, 0.1) is 0 Å². The number of carbonyl (C=O) groups is 1. The van der Waals surface area contributed by atoms with Crippen LogP contribution in [0.3, 0.4) is 0 Å². The van der Waals surface area contributed by atoms with Crippen LogP contribution in [0.2, 0.25) is 0 Å². The summed E-state index contributed by atoms with van der Waals surface area (Å²) >= 11 is 0. The van der Waals surface area contributed by atoms with Crippen molar-refractivity contribution in [2.45, 2.75) is 168 Å². The number of rotatable bonds is 25. The SMILES string of the molecule is CCCCCCCCCc1ccc(OC(=O)CCCCCCCCCCCCCCC(O)CC)cc1. The third-order valence-corrected chi connectivity index (χ3v) is 7.36. The molecule has 0 spiro atoms. The van der Waals surface area contributed by atoms with Gasteiger partial charge in [0.1, 0.15) is 5.75 Å². The maximum Gasteiger partial charge on any atom is 0.311 e. The first-order chi connectivity index (χ1) is 17.7. The number of unbranched alkanes of at least 4 members (excludes halogenated alkanes) is 17. The summed E-state index contributed by atoms with van der Waals surface area (Å²) < 4.78 is 5.52. The van der Waals surface area contributed by atoms with Gasteiger partial charge in [0, 0.05) is 6.42 Å². The highest BCUT2D eigenvalue weighted by atomic mass is 16.5. The van der Waals surface area contributed by atoms with E-state index in [0.29, 0.717) is 12.2 Å². The Morgan fingerprint density at radius 3 is 1.67 bits per heavy atom. The van der Waals surface area contributed by atoms with Crippen molar-refractivity contribution in [1.82, 2.24) is 0 Å². The Hall–Kier alpha value is -1.35. The number of esters is 1. The van der Waals surface area contributed by atoms with E-state index in [2.05, 4.69) is 26.0 Å². The molecule has 0 heterocycles. The van der Waals surface area contributed by atoms with Crippen LogP contribution in [0.25, 0.3) is 0 Å². The molecule has 0 fully saturated rings. The van der Waals surface area contributed by atoms with Crippen LogP contribution in [0.5, 0.6) is 5.75 Å². The Balaban J connectivity index is 1.91. The number of aliphatic hydroxyl groups is 1. The predicted octanol–water partition coefficient (Wildman–Crippen LogP) is 10.1. The van der Waals surface area contributed by atoms with Gasteiger partial charge in [-0.25, -0.2) is 0 Å². The second kappa shape index (κ2) is 24.0. The molecule has 0 aliphatic rings. The molecule has 0 saturated carbocycles. The molecule has 0 radical (unpaired) electrons. The average molecular weight is 503 g/mol. The zero-order valence-electron chi connectivity index (χ0n) is 23.9. The molecule has 36 heavy (non-hydrogen) atoms. The quantitative estimate of drug-likeness (QED) is 0.0821. The zero-order chi connectivity index (χ0) is 26.1. The van der Waals surface area contributed by atoms with Crippen LogP contribution in [-0.4, -0.2) is 17.2 Å². The van der Waals surface area contributed by atoms with Crippen molar-refractivity contribution < 1.29 is 14.6 Å². The summed E-state index contributed by atoms with van der Waals surface area (Å²) in [6, 6.07) is 8.12. The number of aliphatic hydroxyl groups excluding tert-OH is 1. The molecule has 1 rings (SSSR count). The lowest BCUT2D eigenvalue weighted by molar-refractivity contribution is -0.134. The highest BCUT2D eigenvalue weighted by Gasteiger charge is 2.05. The Morgan fingerprint density at radius 2 is 1.14 bits per heavy atom. The molecule has 208 valence electrons. The van der Waals surface area contributed by atoms with Gasteiger partial charge in [0.05, 0.1) is 6.10 Å². The maximum atomic E-state index is 12.1. The molecule has 0 amide bonds. The Bertz CT molecular complexity index is 610. The molecule has 1 N–H and O–H groups in total. The summed E-state index contributed by atoms with van der Waals surface area (Å²) in [6.45, 7) is 4.31. The van der Waals surface area contributed by atoms with Crippen molar-refractivity contribution in [1.29, 1.82) is 0 Å². The molecule has 0 aliphatic carbocycles. The first-order valence-electron chi connectivity index (χ1n) is 15.6. The van der Waals surface area contributed by atoms with E-state index < -0.39 is 0 Å². The van der Waals surface area contributed by atoms with Crippen LogP contribution < -0.4 is 4.74 Å². The van der Waals surface area contributed by atoms with E-state index in [0.717, 1.165) is 32.1 Å². The van der Waals surface area contributed by atoms with Crippen LogP contribution in [-0.2, 0) is 11.2 Å². The van der Waals surface area contributed by atoms with Crippen molar-refractivity contribution >= 4 is 5.97 Å². The summed E-state index contributed by atoms with van der Waals surface area (Å²) in [5.41, 5.74) is 1.34. The van der Waals surface area contributed by atoms with E-state index in [9.17, 15) is 9.90 Å². The number of hydrogen-bond donors (Lipinski definition) is 1. The zero-order valence-corrected chi connectivity index (χ0v) is 23.9. The van der Waals surface area contributed by atoms with E-state index in [1.54, 1.807) is 0 Å². The van der Waals surface area contributed by atoms with Crippen LogP contribution in [0.1, 0.15) is 161 Å². The molecule has 0 aromatic heterocycles. The Morgan fingerprint density at radius 1 is 0.667 bits per heavy atom. The molecule has 3 nitrogen and oxygen atoms in total. The molecule has 1 unspecified atom stereocenters. The van der Waals surface area contributed by atoms with E-state index >= 15 is 0 Å². The van der Waals surface area contributed by atoms with Gasteiger partial charge in [-0.1, -0.05) is 135 Å². The third kappa shape index (κ3) is 19.8. The first kappa shape index (κ1) is 32.7. The number of ether oxygens (including phenoxy) is 1. The van der Waals surface area contributed by atoms with E-state index in [-0.39, 0.29) is 12.1 Å². The second-order valence-corrected chi connectivity index (χ2v) is 10.8. The summed E-state index contributed by atoms with van der Waals surface area (Å²) in [5.74, 6) is 0.584. The fourth-order valence-electron chi connectivity index (χ4n) is 4.81. The largest absolute Gasteiger partial charge is 0.427 e. The van der Waals surface area contributed by atoms with Crippen molar-refractivity contribution in [3.05, 3.63) is 29.8 Å². The topological polar surface area (TPSA) is 46.5 Å². The van der Waals surface area contributed by atoms with Crippen molar-refractivity contribution in [3.8, 4) is 5.75 Å². The number of carbonyl (C=O) groups excluding carboxylic acids is 1. The molecule has 0 saturated heterocycles. The summed E-state index contributed by atoms with van der Waals surface area (Å²) in [5, 5.41) is 9.56. The van der Waals surface area contributed by atoms with E-state index in [1.807, 2.05) is 12.1 Å². The van der Waals surface area contributed by atoms with Gasteiger partial charge < -0.3 is 9.84 Å². The normalized spacial score (nSPS) is 12.1. The fourth-order valence-corrected chi connectivity index (χ4v) is 4.81. The molecule has 0 bridgehead atoms. The van der Waals surface area contributed by atoms with Gasteiger partial charge in [0.25, 0.3) is 0 Å². The lowest BCUT2D eigenvalue weighted by Gasteiger charge is -2.07. The number of benzene rings is 1. The summed E-state index contributed by atoms with van der Waals surface area (Å²) in [4.78, 5) is 12.1. The van der Waals surface area contributed by atoms with E-state index in [1.165, 1.54) is 115 Å². The minimum Gasteiger partial charge on any atom is -0.427 e. The van der Waals surface area contributed by atoms with Crippen molar-refractivity contribution in [3.63, 3.8) is 0 Å². The Kier molecular flexibility index (Phi) is 21.8. The molecular formula is C33H58O3. The fraction of sp³-hybridized carbons (Fsp3) is 0.788. The van der Waals surface area contributed by atoms with Gasteiger partial charge in [0.15, 0.2) is 0 Å². The van der Waals surface area contributed by atoms with Crippen molar-refractivity contribution in [2.75, 3.05) is 0 Å². The number of hydrogen-bond acceptors (Lipinski definition) is 3. The van der Waals surface area contributed by atoms with Crippen LogP contribution in [0.15, 0.2) is 24.3 Å². The molecular weight excluding hydrogens is 444 g/mol. The van der Waals surface area contributed by atoms with Crippen molar-refractivity contribution in [2.24, 2.45) is 0 Å². The highest BCUT2D eigenvalue weighted by molar-refractivity contribution is 5.72. The molecule has 1 aromatic carbocycles. The second-order valence-electron chi connectivity index (χ2n) is 10.8. The van der Waals surface area contributed by atoms with Gasteiger partial charge >= 0.3 is 5.97 Å². The lowest BCUT2D eigenvalue weighted by atomic mass is 10.0. The molecule has 0 aliphatic heterocycles. The predicted molar refractivity (Wildman–Crippen MR) is 155 cm³/mol. The van der Waals surface area contributed by atoms with Crippen LogP contribution >= 0.6 is 0 Å². The summed E-state index contributed by atoms with van der Waals surface area (Å²) in [6.07, 6.45) is 27.8. The molecule has 1 atom stereocenters. The standard InChI is InChI=1S/C33H58O3/c1-3-5-6-7-14-17-20-23-30-26-28-32(29-27-30)36-33(35)25-22-19-16-13-11-9-8-10-12-15-18-21-24-31(34)4-2/h26-29,31,34H,3-25H2,1-2H3. The van der Waals surface area contributed by atoms with Crippen LogP contribution in [0.4, 0.5) is 0 Å². The maximum absolute atomic E-state index is 12.1. The molecule has 3 heteroatoms.